The lowest BCUT2D eigenvalue weighted by Crippen LogP contribution is -2.28. The average molecular weight is 384 g/mol. The van der Waals surface area contributed by atoms with Crippen LogP contribution in [0, 0.1) is 5.82 Å². The fourth-order valence-electron chi connectivity index (χ4n) is 3.19. The molecule has 2 aromatic heterocycles. The highest BCUT2D eigenvalue weighted by atomic mass is 32.2. The minimum Gasteiger partial charge on any atom is -0.381 e. The topological polar surface area (TPSA) is 62.8 Å². The van der Waals surface area contributed by atoms with Crippen LogP contribution in [0.2, 0.25) is 0 Å². The molecule has 0 amide bonds. The highest BCUT2D eigenvalue weighted by Crippen LogP contribution is 2.33. The number of aromatic amines is 1. The molecule has 5 nitrogen and oxygen atoms in total. The Kier molecular flexibility index (Phi) is 5.40. The fourth-order valence-corrected chi connectivity index (χ4v) is 3.58. The minimum atomic E-state index is -0.253. The molecule has 7 heteroatoms. The molecule has 4 rings (SSSR count). The van der Waals surface area contributed by atoms with E-state index in [9.17, 15) is 4.39 Å². The maximum Gasteiger partial charge on any atom is 0.166 e. The monoisotopic (exact) mass is 384 g/mol. The summed E-state index contributed by atoms with van der Waals surface area (Å²) in [6.07, 6.45) is 5.72. The van der Waals surface area contributed by atoms with E-state index in [-0.39, 0.29) is 5.82 Å². The number of imidazole rings is 1. The number of ether oxygens (including phenoxy) is 1. The van der Waals surface area contributed by atoms with E-state index in [2.05, 4.69) is 15.3 Å². The summed E-state index contributed by atoms with van der Waals surface area (Å²) in [5, 5.41) is 4.31. The summed E-state index contributed by atoms with van der Waals surface area (Å²) in [6.45, 7) is 1.56. The van der Waals surface area contributed by atoms with Crippen molar-refractivity contribution in [2.75, 3.05) is 24.8 Å². The molecule has 1 saturated heterocycles. The van der Waals surface area contributed by atoms with Crippen LogP contribution in [0.15, 0.2) is 47.8 Å². The third-order valence-electron chi connectivity index (χ3n) is 4.62. The summed E-state index contributed by atoms with van der Waals surface area (Å²) in [5.41, 5.74) is 3.58. The Morgan fingerprint density at radius 2 is 1.93 bits per heavy atom. The van der Waals surface area contributed by atoms with Crippen molar-refractivity contribution in [3.05, 3.63) is 48.4 Å². The Labute approximate surface area is 161 Å². The zero-order chi connectivity index (χ0) is 18.6. The van der Waals surface area contributed by atoms with Gasteiger partial charge in [0.25, 0.3) is 0 Å². The van der Waals surface area contributed by atoms with Crippen LogP contribution in [0.1, 0.15) is 12.8 Å². The second-order valence-electron chi connectivity index (χ2n) is 6.44. The molecule has 1 fully saturated rings. The number of aromatic nitrogens is 3. The van der Waals surface area contributed by atoms with Gasteiger partial charge in [-0.15, -0.1) is 0 Å². The Balaban J connectivity index is 1.67. The van der Waals surface area contributed by atoms with Gasteiger partial charge in [0, 0.05) is 36.6 Å². The molecular formula is C20H21FN4OS. The van der Waals surface area contributed by atoms with Gasteiger partial charge in [-0.25, -0.2) is 14.4 Å². The van der Waals surface area contributed by atoms with Crippen molar-refractivity contribution in [1.29, 1.82) is 0 Å². The first-order valence-corrected chi connectivity index (χ1v) is 10.2. The van der Waals surface area contributed by atoms with E-state index >= 15 is 0 Å². The first-order valence-electron chi connectivity index (χ1n) is 8.93. The smallest absolute Gasteiger partial charge is 0.166 e. The minimum absolute atomic E-state index is 0.253. The molecule has 27 heavy (non-hydrogen) atoms. The SMILES string of the molecule is CSc1nc(-c2ccnc(NC3CCOCC3)c2)c(-c2ccc(F)cc2)[nH]1. The van der Waals surface area contributed by atoms with E-state index in [0.717, 1.165) is 59.5 Å². The molecule has 1 aromatic carbocycles. The number of hydrogen-bond acceptors (Lipinski definition) is 5. The van der Waals surface area contributed by atoms with Crippen molar-refractivity contribution in [2.45, 2.75) is 24.0 Å². The molecule has 140 valence electrons. The van der Waals surface area contributed by atoms with E-state index < -0.39 is 0 Å². The summed E-state index contributed by atoms with van der Waals surface area (Å²) in [4.78, 5) is 12.5. The van der Waals surface area contributed by atoms with Gasteiger partial charge in [-0.05, 0) is 55.5 Å². The second-order valence-corrected chi connectivity index (χ2v) is 7.23. The number of nitrogens with zero attached hydrogens (tertiary/aromatic N) is 2. The van der Waals surface area contributed by atoms with Crippen LogP contribution >= 0.6 is 11.8 Å². The van der Waals surface area contributed by atoms with E-state index in [4.69, 9.17) is 9.72 Å². The third-order valence-corrected chi connectivity index (χ3v) is 5.20. The van der Waals surface area contributed by atoms with Crippen LogP contribution < -0.4 is 5.32 Å². The van der Waals surface area contributed by atoms with Crippen LogP contribution in [0.4, 0.5) is 10.2 Å². The van der Waals surface area contributed by atoms with Gasteiger partial charge in [0.05, 0.1) is 11.4 Å². The molecule has 0 aliphatic carbocycles. The summed E-state index contributed by atoms with van der Waals surface area (Å²) >= 11 is 1.54. The van der Waals surface area contributed by atoms with Gasteiger partial charge in [0.2, 0.25) is 0 Å². The number of nitrogens with one attached hydrogen (secondary N) is 2. The summed E-state index contributed by atoms with van der Waals surface area (Å²) in [5.74, 6) is 0.579. The van der Waals surface area contributed by atoms with Crippen molar-refractivity contribution >= 4 is 17.6 Å². The Bertz CT molecular complexity index is 907. The van der Waals surface area contributed by atoms with E-state index in [1.165, 1.54) is 12.1 Å². The van der Waals surface area contributed by atoms with Gasteiger partial charge in [0.15, 0.2) is 5.16 Å². The lowest BCUT2D eigenvalue weighted by atomic mass is 10.1. The summed E-state index contributed by atoms with van der Waals surface area (Å²) in [7, 11) is 0. The molecule has 0 spiro atoms. The van der Waals surface area contributed by atoms with E-state index in [1.54, 1.807) is 30.1 Å². The zero-order valence-electron chi connectivity index (χ0n) is 15.0. The molecule has 0 radical (unpaired) electrons. The normalized spacial score (nSPS) is 15.0. The maximum atomic E-state index is 13.3. The number of halogens is 1. The molecule has 3 heterocycles. The molecular weight excluding hydrogens is 363 g/mol. The van der Waals surface area contributed by atoms with Gasteiger partial charge < -0.3 is 15.0 Å². The standard InChI is InChI=1S/C20H21FN4OS/c1-27-20-24-18(13-2-4-15(21)5-3-13)19(25-20)14-6-9-22-17(12-14)23-16-7-10-26-11-8-16/h2-6,9,12,16H,7-8,10-11H2,1H3,(H,22,23)(H,24,25). The third kappa shape index (κ3) is 4.14. The second kappa shape index (κ2) is 8.10. The number of thioether (sulfide) groups is 1. The van der Waals surface area contributed by atoms with Crippen molar-refractivity contribution in [1.82, 2.24) is 15.0 Å². The summed E-state index contributed by atoms with van der Waals surface area (Å²) < 4.78 is 18.7. The molecule has 0 bridgehead atoms. The van der Waals surface area contributed by atoms with Gasteiger partial charge >= 0.3 is 0 Å². The number of pyridine rings is 1. The molecule has 0 saturated carbocycles. The van der Waals surface area contributed by atoms with Crippen molar-refractivity contribution < 1.29 is 9.13 Å². The molecule has 0 unspecified atom stereocenters. The molecule has 2 N–H and O–H groups in total. The van der Waals surface area contributed by atoms with Crippen LogP contribution in [0.5, 0.6) is 0 Å². The predicted octanol–water partition coefficient (Wildman–Crippen LogP) is 4.59. The quantitative estimate of drug-likeness (QED) is 0.630. The maximum absolute atomic E-state index is 13.3. The Morgan fingerprint density at radius 1 is 1.15 bits per heavy atom. The highest BCUT2D eigenvalue weighted by Gasteiger charge is 2.17. The van der Waals surface area contributed by atoms with E-state index in [0.29, 0.717) is 6.04 Å². The van der Waals surface area contributed by atoms with Crippen molar-refractivity contribution in [3.8, 4) is 22.5 Å². The van der Waals surface area contributed by atoms with Crippen LogP contribution in [-0.2, 0) is 4.74 Å². The fraction of sp³-hybridized carbons (Fsp3) is 0.300. The number of rotatable bonds is 5. The van der Waals surface area contributed by atoms with Crippen LogP contribution in [-0.4, -0.2) is 40.5 Å². The number of benzene rings is 1. The van der Waals surface area contributed by atoms with Crippen molar-refractivity contribution in [3.63, 3.8) is 0 Å². The molecule has 1 aliphatic heterocycles. The zero-order valence-corrected chi connectivity index (χ0v) is 15.9. The first kappa shape index (κ1) is 18.0. The largest absolute Gasteiger partial charge is 0.381 e. The van der Waals surface area contributed by atoms with Crippen molar-refractivity contribution in [2.24, 2.45) is 0 Å². The highest BCUT2D eigenvalue weighted by molar-refractivity contribution is 7.98. The van der Waals surface area contributed by atoms with Gasteiger partial charge in [0.1, 0.15) is 11.6 Å². The van der Waals surface area contributed by atoms with Gasteiger partial charge in [-0.1, -0.05) is 11.8 Å². The lowest BCUT2D eigenvalue weighted by Gasteiger charge is -2.23. The van der Waals surface area contributed by atoms with Crippen LogP contribution in [0.25, 0.3) is 22.5 Å². The lowest BCUT2D eigenvalue weighted by molar-refractivity contribution is 0.0904. The molecule has 0 atom stereocenters. The molecule has 1 aliphatic rings. The number of H-pyrrole nitrogens is 1. The number of hydrogen-bond donors (Lipinski definition) is 2. The van der Waals surface area contributed by atoms with Gasteiger partial charge in [-0.3, -0.25) is 0 Å². The van der Waals surface area contributed by atoms with E-state index in [1.807, 2.05) is 18.4 Å². The Morgan fingerprint density at radius 3 is 2.67 bits per heavy atom. The average Bonchev–Trinajstić information content (AvgIpc) is 3.14. The summed E-state index contributed by atoms with van der Waals surface area (Å²) in [6, 6.07) is 10.8. The van der Waals surface area contributed by atoms with Crippen LogP contribution in [0.3, 0.4) is 0 Å². The predicted molar refractivity (Wildman–Crippen MR) is 106 cm³/mol. The number of anilines is 1. The Hall–Kier alpha value is -2.38. The molecule has 3 aromatic rings. The first-order chi connectivity index (χ1) is 13.2. The van der Waals surface area contributed by atoms with Gasteiger partial charge in [-0.2, -0.15) is 0 Å².